The third kappa shape index (κ3) is 3.50. The molecule has 2 aliphatic heterocycles. The number of aliphatic hydroxyl groups excluding tert-OH is 2. The molecule has 5 heteroatoms. The van der Waals surface area contributed by atoms with Gasteiger partial charge in [0.2, 0.25) is 0 Å². The molecule has 2 bridgehead atoms. The van der Waals surface area contributed by atoms with Gasteiger partial charge in [-0.3, -0.25) is 0 Å². The van der Waals surface area contributed by atoms with Crippen LogP contribution in [0, 0.1) is 11.8 Å². The van der Waals surface area contributed by atoms with Gasteiger partial charge in [-0.1, -0.05) is 51.2 Å². The van der Waals surface area contributed by atoms with Crippen molar-refractivity contribution in [3.63, 3.8) is 0 Å². The second-order valence-corrected chi connectivity index (χ2v) is 13.8. The van der Waals surface area contributed by atoms with Gasteiger partial charge in [0.05, 0.1) is 23.9 Å². The summed E-state index contributed by atoms with van der Waals surface area (Å²) in [4.78, 5) is 0. The van der Waals surface area contributed by atoms with Crippen molar-refractivity contribution in [1.29, 1.82) is 0 Å². The lowest BCUT2D eigenvalue weighted by molar-refractivity contribution is -0.0563. The summed E-state index contributed by atoms with van der Waals surface area (Å²) in [5, 5.41) is 20.0. The number of ether oxygens (including phenoxy) is 2. The van der Waals surface area contributed by atoms with Crippen LogP contribution in [0.25, 0.3) is 0 Å². The number of aliphatic hydroxyl groups is 2. The minimum absolute atomic E-state index is 0.0226. The third-order valence-corrected chi connectivity index (χ3v) is 11.8. The summed E-state index contributed by atoms with van der Waals surface area (Å²) in [6.07, 6.45) is 1.90. The van der Waals surface area contributed by atoms with Crippen molar-refractivity contribution >= 4 is 8.80 Å². The Balaban J connectivity index is 1.80. The normalized spacial score (nSPS) is 30.4. The Morgan fingerprint density at radius 3 is 2.50 bits per heavy atom. The Kier molecular flexibility index (Phi) is 6.15. The smallest absolute Gasteiger partial charge is 0.0990 e. The zero-order chi connectivity index (χ0) is 20.7. The van der Waals surface area contributed by atoms with Crippen LogP contribution in [0.4, 0.5) is 0 Å². The van der Waals surface area contributed by atoms with Crippen molar-refractivity contribution in [2.24, 2.45) is 11.8 Å². The predicted octanol–water partition coefficient (Wildman–Crippen LogP) is 3.85. The van der Waals surface area contributed by atoms with E-state index in [4.69, 9.17) is 9.47 Å². The highest BCUT2D eigenvalue weighted by molar-refractivity contribution is 6.59. The lowest BCUT2D eigenvalue weighted by Gasteiger charge is -2.44. The van der Waals surface area contributed by atoms with E-state index in [0.29, 0.717) is 6.61 Å². The third-order valence-electron chi connectivity index (χ3n) is 8.17. The fraction of sp³-hybridized carbons (Fsp3) is 0.739. The molecule has 28 heavy (non-hydrogen) atoms. The second-order valence-electron chi connectivity index (χ2n) is 10.1. The number of fused-ring (bicyclic) bond motifs is 2. The Morgan fingerprint density at radius 2 is 1.89 bits per heavy atom. The molecule has 158 valence electrons. The van der Waals surface area contributed by atoms with Crippen molar-refractivity contribution in [2.45, 2.75) is 82.6 Å². The molecule has 3 rings (SSSR count). The summed E-state index contributed by atoms with van der Waals surface area (Å²) in [7, 11) is -0.889. The van der Waals surface area contributed by atoms with Crippen LogP contribution >= 0.6 is 0 Å². The molecule has 0 amide bonds. The van der Waals surface area contributed by atoms with Crippen molar-refractivity contribution in [1.82, 2.24) is 0 Å². The Morgan fingerprint density at radius 1 is 1.18 bits per heavy atom. The van der Waals surface area contributed by atoms with E-state index in [9.17, 15) is 10.2 Å². The monoisotopic (exact) mass is 406 g/mol. The minimum atomic E-state index is -0.889. The Labute approximate surface area is 171 Å². The lowest BCUT2D eigenvalue weighted by atomic mass is 9.69. The zero-order valence-corrected chi connectivity index (χ0v) is 19.5. The number of hydrogen-bond acceptors (Lipinski definition) is 4. The van der Waals surface area contributed by atoms with Crippen LogP contribution < -0.4 is 0 Å². The average Bonchev–Trinajstić information content (AvgIpc) is 3.23. The summed E-state index contributed by atoms with van der Waals surface area (Å²) in [6.45, 7) is 14.5. The summed E-state index contributed by atoms with van der Waals surface area (Å²) in [5.41, 5.74) is 1.58. The molecule has 2 N–H and O–H groups in total. The van der Waals surface area contributed by atoms with Crippen LogP contribution in [0.1, 0.15) is 51.7 Å². The van der Waals surface area contributed by atoms with Gasteiger partial charge >= 0.3 is 0 Å². The molecule has 0 unspecified atom stereocenters. The highest BCUT2D eigenvalue weighted by atomic mass is 28.3. The molecule has 2 saturated heterocycles. The van der Waals surface area contributed by atoms with Crippen molar-refractivity contribution in [2.75, 3.05) is 13.2 Å². The van der Waals surface area contributed by atoms with Gasteiger partial charge in [0.25, 0.3) is 0 Å². The summed E-state index contributed by atoms with van der Waals surface area (Å²) >= 11 is 0. The maximum atomic E-state index is 10.0. The van der Waals surface area contributed by atoms with Gasteiger partial charge in [0, 0.05) is 33.8 Å². The van der Waals surface area contributed by atoms with Crippen LogP contribution in [-0.4, -0.2) is 43.9 Å². The van der Waals surface area contributed by atoms with Gasteiger partial charge in [-0.2, -0.15) is 0 Å². The molecule has 4 atom stereocenters. The first-order valence-corrected chi connectivity index (χ1v) is 13.6. The number of hydrogen-bond donors (Lipinski definition) is 2. The zero-order valence-electron chi connectivity index (χ0n) is 18.4. The molecule has 0 spiro atoms. The molecule has 2 heterocycles. The van der Waals surface area contributed by atoms with E-state index >= 15 is 0 Å². The summed E-state index contributed by atoms with van der Waals surface area (Å²) < 4.78 is 12.8. The Bertz CT molecular complexity index is 687. The molecule has 4 nitrogen and oxygen atoms in total. The molecular weight excluding hydrogens is 368 g/mol. The van der Waals surface area contributed by atoms with Crippen LogP contribution in [-0.2, 0) is 21.7 Å². The van der Waals surface area contributed by atoms with Crippen LogP contribution in [0.3, 0.4) is 0 Å². The predicted molar refractivity (Wildman–Crippen MR) is 115 cm³/mol. The maximum absolute atomic E-state index is 10.0. The molecule has 1 aromatic carbocycles. The van der Waals surface area contributed by atoms with Crippen LogP contribution in [0.5, 0.6) is 0 Å². The topological polar surface area (TPSA) is 58.9 Å². The van der Waals surface area contributed by atoms with Gasteiger partial charge < -0.3 is 19.7 Å². The fourth-order valence-corrected chi connectivity index (χ4v) is 6.42. The number of rotatable bonds is 8. The molecule has 0 radical (unpaired) electrons. The largest absolute Gasteiger partial charge is 0.396 e. The SMILES string of the molecule is C[SiH](C)C(C)(C)C(C)(C)OCc1cccc([C@@]23CC[C@@H](O2)[C@@H](CO)[C@H]3CO)c1. The van der Waals surface area contributed by atoms with E-state index < -0.39 is 14.4 Å². The van der Waals surface area contributed by atoms with Crippen LogP contribution in [0.2, 0.25) is 18.1 Å². The molecule has 2 fully saturated rings. The first-order valence-electron chi connectivity index (χ1n) is 10.7. The van der Waals surface area contributed by atoms with Gasteiger partial charge in [-0.05, 0) is 42.9 Å². The molecule has 2 aliphatic rings. The first-order chi connectivity index (χ1) is 13.1. The Hall–Kier alpha value is -0.723. The van der Waals surface area contributed by atoms with Crippen LogP contribution in [0.15, 0.2) is 24.3 Å². The van der Waals surface area contributed by atoms with Crippen molar-refractivity contribution < 1.29 is 19.7 Å². The van der Waals surface area contributed by atoms with E-state index in [2.05, 4.69) is 65.1 Å². The number of benzene rings is 1. The van der Waals surface area contributed by atoms with E-state index in [1.54, 1.807) is 0 Å². The van der Waals surface area contributed by atoms with E-state index in [1.807, 2.05) is 0 Å². The average molecular weight is 407 g/mol. The highest BCUT2D eigenvalue weighted by Gasteiger charge is 2.59. The fourth-order valence-electron chi connectivity index (χ4n) is 4.95. The summed E-state index contributed by atoms with van der Waals surface area (Å²) in [6, 6.07) is 8.45. The van der Waals surface area contributed by atoms with Gasteiger partial charge in [0.1, 0.15) is 0 Å². The van der Waals surface area contributed by atoms with Crippen molar-refractivity contribution in [3.05, 3.63) is 35.4 Å². The van der Waals surface area contributed by atoms with Gasteiger partial charge in [0.15, 0.2) is 0 Å². The second kappa shape index (κ2) is 7.84. The van der Waals surface area contributed by atoms with E-state index in [1.165, 1.54) is 0 Å². The molecular formula is C23H38O4Si. The highest BCUT2D eigenvalue weighted by Crippen LogP contribution is 2.56. The lowest BCUT2D eigenvalue weighted by Crippen LogP contribution is -2.43. The van der Waals surface area contributed by atoms with E-state index in [0.717, 1.165) is 24.0 Å². The van der Waals surface area contributed by atoms with Gasteiger partial charge in [-0.25, -0.2) is 0 Å². The quantitative estimate of drug-likeness (QED) is 0.644. The van der Waals surface area contributed by atoms with E-state index in [-0.39, 0.29) is 41.8 Å². The molecule has 0 aromatic heterocycles. The van der Waals surface area contributed by atoms with Crippen molar-refractivity contribution in [3.8, 4) is 0 Å². The first kappa shape index (κ1) is 22.0. The van der Waals surface area contributed by atoms with Gasteiger partial charge in [-0.15, -0.1) is 0 Å². The summed E-state index contributed by atoms with van der Waals surface area (Å²) in [5.74, 6) is -0.0240. The standard InChI is InChI=1S/C23H38O4Si/c1-21(2,22(3,4)28(5)6)26-15-16-8-7-9-17(12-16)23-11-10-20(27-23)18(13-24)19(23)14-25/h7-9,12,18-20,24-25,28H,10-11,13-15H2,1-6H3/t18-,19+,20+,23+/m0/s1. The maximum Gasteiger partial charge on any atom is 0.0990 e. The molecule has 1 aromatic rings. The molecule has 0 aliphatic carbocycles. The molecule has 0 saturated carbocycles. The minimum Gasteiger partial charge on any atom is -0.396 e.